The summed E-state index contributed by atoms with van der Waals surface area (Å²) in [6.45, 7) is 12.2. The van der Waals surface area contributed by atoms with Crippen LogP contribution in [0.5, 0.6) is 0 Å². The molecule has 0 aliphatic carbocycles. The Hall–Kier alpha value is -1.14. The van der Waals surface area contributed by atoms with E-state index in [9.17, 15) is 9.59 Å². The van der Waals surface area contributed by atoms with Crippen LogP contribution in [-0.4, -0.2) is 11.9 Å². The van der Waals surface area contributed by atoms with Crippen LogP contribution in [0.1, 0.15) is 99.3 Å². The topological polar surface area (TPSA) is 71.1 Å². The van der Waals surface area contributed by atoms with Gasteiger partial charge in [0, 0.05) is 10.1 Å². The van der Waals surface area contributed by atoms with Gasteiger partial charge in [0.25, 0.3) is 0 Å². The summed E-state index contributed by atoms with van der Waals surface area (Å²) in [6.07, 6.45) is 7.36. The Labute approximate surface area is 158 Å². The van der Waals surface area contributed by atoms with Crippen molar-refractivity contribution in [3.05, 3.63) is 0 Å². The largest absolute Gasteiger partial charge is 0.351 e. The van der Waals surface area contributed by atoms with Gasteiger partial charge >= 0.3 is 11.9 Å². The third-order valence-corrected chi connectivity index (χ3v) is 4.90. The van der Waals surface area contributed by atoms with E-state index in [4.69, 9.17) is 4.89 Å². The quantitative estimate of drug-likeness (QED) is 0.208. The van der Waals surface area contributed by atoms with Crippen LogP contribution in [0.4, 0.5) is 0 Å². The number of carbonyl (C=O) groups excluding carboxylic acids is 2. The summed E-state index contributed by atoms with van der Waals surface area (Å²) in [4.78, 5) is 33.9. The first-order chi connectivity index (χ1) is 12.4. The lowest BCUT2D eigenvalue weighted by molar-refractivity contribution is -0.602. The Bertz CT molecular complexity index is 396. The highest BCUT2D eigenvalue weighted by Gasteiger charge is 2.39. The van der Waals surface area contributed by atoms with Gasteiger partial charge in [0.1, 0.15) is 0 Å². The second-order valence-corrected chi connectivity index (χ2v) is 7.49. The van der Waals surface area contributed by atoms with Crippen LogP contribution in [0, 0.1) is 17.3 Å². The predicted molar refractivity (Wildman–Crippen MR) is 99.4 cm³/mol. The molecule has 0 aliphatic rings. The number of carbonyl (C=O) groups is 2. The van der Waals surface area contributed by atoms with Crippen molar-refractivity contribution in [1.29, 1.82) is 0 Å². The minimum Gasteiger partial charge on any atom is -0.266 e. The van der Waals surface area contributed by atoms with Gasteiger partial charge in [-0.15, -0.1) is 0 Å². The van der Waals surface area contributed by atoms with Crippen molar-refractivity contribution in [2.24, 2.45) is 17.3 Å². The van der Waals surface area contributed by atoms with Gasteiger partial charge in [0.05, 0.1) is 11.3 Å². The number of hydrogen-bond acceptors (Lipinski definition) is 6. The smallest absolute Gasteiger partial charge is 0.266 e. The number of hydrogen-bond donors (Lipinski definition) is 0. The van der Waals surface area contributed by atoms with E-state index < -0.39 is 17.4 Å². The van der Waals surface area contributed by atoms with Crippen molar-refractivity contribution in [2.75, 3.05) is 0 Å². The maximum atomic E-state index is 12.5. The maximum absolute atomic E-state index is 12.5. The minimum atomic E-state index is -0.607. The molecular weight excluding hydrogens is 336 g/mol. The van der Waals surface area contributed by atoms with Gasteiger partial charge in [-0.25, -0.2) is 9.59 Å². The van der Waals surface area contributed by atoms with Crippen LogP contribution in [0.3, 0.4) is 0 Å². The third-order valence-electron chi connectivity index (χ3n) is 4.90. The maximum Gasteiger partial charge on any atom is 0.351 e. The van der Waals surface area contributed by atoms with Crippen LogP contribution in [0.2, 0.25) is 0 Å². The lowest BCUT2D eigenvalue weighted by Gasteiger charge is -2.30. The lowest BCUT2D eigenvalue weighted by Crippen LogP contribution is -2.34. The van der Waals surface area contributed by atoms with Crippen molar-refractivity contribution >= 4 is 11.9 Å². The van der Waals surface area contributed by atoms with Crippen molar-refractivity contribution in [2.45, 2.75) is 99.3 Å². The lowest BCUT2D eigenvalue weighted by atomic mass is 9.74. The molecule has 0 heterocycles. The predicted octanol–water partition coefficient (Wildman–Crippen LogP) is 5.70. The molecule has 0 saturated heterocycles. The monoisotopic (exact) mass is 374 g/mol. The molecule has 0 fully saturated rings. The highest BCUT2D eigenvalue weighted by atomic mass is 17.7. The van der Waals surface area contributed by atoms with E-state index in [1.807, 2.05) is 13.8 Å². The van der Waals surface area contributed by atoms with Crippen LogP contribution in [0.15, 0.2) is 0 Å². The number of unbranched alkanes of at least 4 members (excludes halogenated alkanes) is 2. The zero-order valence-corrected chi connectivity index (χ0v) is 17.5. The normalized spacial score (nSPS) is 14.7. The van der Waals surface area contributed by atoms with E-state index in [1.165, 1.54) is 0 Å². The van der Waals surface area contributed by atoms with Crippen LogP contribution in [-0.2, 0) is 29.4 Å². The molecule has 2 atom stereocenters. The molecule has 0 aromatic carbocycles. The molecule has 6 heteroatoms. The molecule has 0 N–H and O–H groups in total. The van der Waals surface area contributed by atoms with Crippen LogP contribution in [0.25, 0.3) is 0 Å². The summed E-state index contributed by atoms with van der Waals surface area (Å²) in [6, 6.07) is 0. The average molecular weight is 375 g/mol. The van der Waals surface area contributed by atoms with E-state index >= 15 is 0 Å². The van der Waals surface area contributed by atoms with Gasteiger partial charge in [-0.3, -0.25) is 9.78 Å². The van der Waals surface area contributed by atoms with E-state index in [1.54, 1.807) is 0 Å². The Morgan fingerprint density at radius 1 is 0.923 bits per heavy atom. The van der Waals surface area contributed by atoms with E-state index in [0.717, 1.165) is 38.5 Å². The molecule has 0 aromatic rings. The van der Waals surface area contributed by atoms with Gasteiger partial charge in [-0.1, -0.05) is 67.2 Å². The zero-order valence-electron chi connectivity index (χ0n) is 17.5. The van der Waals surface area contributed by atoms with Crippen molar-refractivity contribution in [3.63, 3.8) is 0 Å². The van der Waals surface area contributed by atoms with Crippen molar-refractivity contribution in [3.8, 4) is 0 Å². The molecular formula is C20H38O6. The molecule has 0 spiro atoms. The standard InChI is InChI=1S/C20H38O6/c1-7-11-13-17(9-3)18(21)23-25-26-24-19(22)20(10-4,14-12-8-2)15-16(5)6/h16-17H,7-15H2,1-6H3. The molecule has 0 aromatic heterocycles. The summed E-state index contributed by atoms with van der Waals surface area (Å²) in [5.41, 5.74) is -0.607. The second kappa shape index (κ2) is 14.0. The summed E-state index contributed by atoms with van der Waals surface area (Å²) in [5, 5.41) is 8.83. The summed E-state index contributed by atoms with van der Waals surface area (Å²) >= 11 is 0. The highest BCUT2D eigenvalue weighted by molar-refractivity contribution is 5.76. The van der Waals surface area contributed by atoms with Crippen LogP contribution < -0.4 is 0 Å². The summed E-state index contributed by atoms with van der Waals surface area (Å²) in [7, 11) is 0. The number of rotatable bonds is 15. The van der Waals surface area contributed by atoms with E-state index in [2.05, 4.69) is 42.7 Å². The van der Waals surface area contributed by atoms with Crippen molar-refractivity contribution < 1.29 is 29.4 Å². The van der Waals surface area contributed by atoms with E-state index in [0.29, 0.717) is 25.2 Å². The highest BCUT2D eigenvalue weighted by Crippen LogP contribution is 2.37. The SMILES string of the molecule is CCCCC(CC)C(=O)OOOOC(=O)C(CC)(CCCC)CC(C)C. The van der Waals surface area contributed by atoms with E-state index in [-0.39, 0.29) is 5.92 Å². The fourth-order valence-corrected chi connectivity index (χ4v) is 3.24. The fourth-order valence-electron chi connectivity index (χ4n) is 3.24. The molecule has 6 nitrogen and oxygen atoms in total. The molecule has 0 rings (SSSR count). The third kappa shape index (κ3) is 8.99. The van der Waals surface area contributed by atoms with Crippen molar-refractivity contribution in [1.82, 2.24) is 0 Å². The zero-order chi connectivity index (χ0) is 20.0. The van der Waals surface area contributed by atoms with Crippen LogP contribution >= 0.6 is 0 Å². The second-order valence-electron chi connectivity index (χ2n) is 7.49. The molecule has 0 aliphatic heterocycles. The van der Waals surface area contributed by atoms with Gasteiger partial charge in [0.15, 0.2) is 0 Å². The Morgan fingerprint density at radius 3 is 2.04 bits per heavy atom. The first-order valence-electron chi connectivity index (χ1n) is 10.1. The summed E-state index contributed by atoms with van der Waals surface area (Å²) < 4.78 is 0. The van der Waals surface area contributed by atoms with Gasteiger partial charge in [0.2, 0.25) is 0 Å². The average Bonchev–Trinajstić information content (AvgIpc) is 2.62. The molecule has 2 unspecified atom stereocenters. The molecule has 154 valence electrons. The first kappa shape index (κ1) is 24.9. The van der Waals surface area contributed by atoms with Gasteiger partial charge < -0.3 is 0 Å². The minimum absolute atomic E-state index is 0.241. The molecule has 0 bridgehead atoms. The first-order valence-corrected chi connectivity index (χ1v) is 10.1. The van der Waals surface area contributed by atoms with Gasteiger partial charge in [-0.05, 0) is 38.0 Å². The van der Waals surface area contributed by atoms with Gasteiger partial charge in [-0.2, -0.15) is 0 Å². The molecule has 0 radical (unpaired) electrons. The Morgan fingerprint density at radius 2 is 1.54 bits per heavy atom. The molecule has 0 saturated carbocycles. The Balaban J connectivity index is 4.51. The Kier molecular flexibility index (Phi) is 13.4. The fraction of sp³-hybridized carbons (Fsp3) is 0.900. The molecule has 26 heavy (non-hydrogen) atoms. The molecule has 0 amide bonds. The summed E-state index contributed by atoms with van der Waals surface area (Å²) in [5.74, 6) is -0.875.